The summed E-state index contributed by atoms with van der Waals surface area (Å²) in [6.07, 6.45) is 6.21. The number of rotatable bonds is 3. The lowest BCUT2D eigenvalue weighted by molar-refractivity contribution is 0.173. The van der Waals surface area contributed by atoms with Crippen molar-refractivity contribution in [3.05, 3.63) is 65.4 Å². The number of hydrogen-bond acceptors (Lipinski definition) is 3. The Morgan fingerprint density at radius 3 is 2.78 bits per heavy atom. The second kappa shape index (κ2) is 5.47. The minimum Gasteiger partial charge on any atom is -0.272 e. The van der Waals surface area contributed by atoms with Crippen molar-refractivity contribution in [3.63, 3.8) is 0 Å². The summed E-state index contributed by atoms with van der Waals surface area (Å²) in [5, 5.41) is 13.6. The average Bonchev–Trinajstić information content (AvgIpc) is 3.22. The molecule has 2 atom stereocenters. The van der Waals surface area contributed by atoms with Gasteiger partial charge >= 0.3 is 0 Å². The molecule has 0 saturated heterocycles. The van der Waals surface area contributed by atoms with E-state index in [1.54, 1.807) is 12.1 Å². The van der Waals surface area contributed by atoms with Crippen LogP contribution in [-0.2, 0) is 12.0 Å². The molecule has 1 saturated carbocycles. The maximum Gasteiger partial charge on any atom is 0.132 e. The minimum absolute atomic E-state index is 0.0672. The number of halogens is 1. The number of hydrogen-bond donors (Lipinski definition) is 0. The van der Waals surface area contributed by atoms with Crippen LogP contribution in [0.15, 0.2) is 42.7 Å². The molecular weight excluding hydrogens is 339 g/mol. The number of nitrogens with zero attached hydrogens (tertiary/aromatic N) is 4. The van der Waals surface area contributed by atoms with Gasteiger partial charge in [-0.15, -0.1) is 0 Å². The first-order valence-electron chi connectivity index (χ1n) is 9.54. The molecule has 1 fully saturated rings. The third-order valence-electron chi connectivity index (χ3n) is 6.96. The molecule has 2 aliphatic rings. The molecule has 0 spiro atoms. The fourth-order valence-electron chi connectivity index (χ4n) is 5.41. The topological polar surface area (TPSA) is 43.6 Å². The molecule has 5 rings (SSSR count). The molecule has 0 aliphatic heterocycles. The predicted molar refractivity (Wildman–Crippen MR) is 102 cm³/mol. The third kappa shape index (κ3) is 2.17. The molecule has 2 heterocycles. The van der Waals surface area contributed by atoms with Crippen LogP contribution in [0.4, 0.5) is 4.39 Å². The predicted octanol–water partition coefficient (Wildman–Crippen LogP) is 4.64. The van der Waals surface area contributed by atoms with Gasteiger partial charge < -0.3 is 0 Å². The van der Waals surface area contributed by atoms with Gasteiger partial charge in [-0.25, -0.2) is 4.39 Å². The van der Waals surface area contributed by atoms with Crippen molar-refractivity contribution in [2.45, 2.75) is 51.5 Å². The monoisotopic (exact) mass is 362 g/mol. The Kier molecular flexibility index (Phi) is 3.37. The summed E-state index contributed by atoms with van der Waals surface area (Å²) in [6.45, 7) is 7.55. The summed E-state index contributed by atoms with van der Waals surface area (Å²) in [4.78, 5) is 0. The zero-order valence-corrected chi connectivity index (χ0v) is 15.9. The molecular formula is C22H23FN4. The van der Waals surface area contributed by atoms with Crippen molar-refractivity contribution in [2.24, 2.45) is 5.41 Å². The molecule has 4 nitrogen and oxygen atoms in total. The maximum absolute atomic E-state index is 14.3. The van der Waals surface area contributed by atoms with Crippen molar-refractivity contribution in [1.82, 2.24) is 20.0 Å². The normalized spacial score (nSPS) is 25.0. The Hall–Kier alpha value is -2.56. The van der Waals surface area contributed by atoms with Crippen LogP contribution in [0, 0.1) is 18.2 Å². The highest BCUT2D eigenvalue weighted by atomic mass is 19.1. The van der Waals surface area contributed by atoms with Crippen molar-refractivity contribution < 1.29 is 4.39 Å². The third-order valence-corrected chi connectivity index (χ3v) is 6.96. The fraction of sp³-hybridized carbons (Fsp3) is 0.409. The molecule has 0 amide bonds. The molecule has 5 heteroatoms. The summed E-state index contributed by atoms with van der Waals surface area (Å²) >= 11 is 0. The Balaban J connectivity index is 1.63. The van der Waals surface area contributed by atoms with Gasteiger partial charge in [0.1, 0.15) is 5.82 Å². The second-order valence-electron chi connectivity index (χ2n) is 8.62. The molecule has 0 radical (unpaired) electrons. The first-order valence-corrected chi connectivity index (χ1v) is 9.54. The lowest BCUT2D eigenvalue weighted by Crippen LogP contribution is -2.40. The van der Waals surface area contributed by atoms with Crippen LogP contribution in [-0.4, -0.2) is 20.0 Å². The van der Waals surface area contributed by atoms with Crippen molar-refractivity contribution in [3.8, 4) is 11.3 Å². The Labute approximate surface area is 158 Å². The zero-order chi connectivity index (χ0) is 18.8. The minimum atomic E-state index is -0.254. The first kappa shape index (κ1) is 16.6. The Morgan fingerprint density at radius 1 is 1.22 bits per heavy atom. The van der Waals surface area contributed by atoms with E-state index < -0.39 is 0 Å². The average molecular weight is 362 g/mol. The van der Waals surface area contributed by atoms with E-state index in [9.17, 15) is 4.39 Å². The largest absolute Gasteiger partial charge is 0.272 e. The number of benzene rings is 1. The Morgan fingerprint density at radius 2 is 2.04 bits per heavy atom. The van der Waals surface area contributed by atoms with Gasteiger partial charge in [0, 0.05) is 17.2 Å². The number of aryl methyl sites for hydroxylation is 1. The van der Waals surface area contributed by atoms with Crippen LogP contribution >= 0.6 is 0 Å². The van der Waals surface area contributed by atoms with Crippen LogP contribution in [0.5, 0.6) is 0 Å². The highest BCUT2D eigenvalue weighted by Crippen LogP contribution is 2.67. The molecule has 2 aromatic heterocycles. The van der Waals surface area contributed by atoms with E-state index in [1.807, 2.05) is 16.9 Å². The van der Waals surface area contributed by atoms with E-state index in [2.05, 4.69) is 48.3 Å². The van der Waals surface area contributed by atoms with Gasteiger partial charge in [-0.2, -0.15) is 15.3 Å². The molecule has 27 heavy (non-hydrogen) atoms. The summed E-state index contributed by atoms with van der Waals surface area (Å²) in [5.41, 5.74) is 4.62. The van der Waals surface area contributed by atoms with Gasteiger partial charge in [-0.05, 0) is 60.4 Å². The van der Waals surface area contributed by atoms with Gasteiger partial charge in [-0.1, -0.05) is 26.0 Å². The van der Waals surface area contributed by atoms with E-state index in [4.69, 9.17) is 0 Å². The maximum atomic E-state index is 14.3. The molecule has 1 unspecified atom stereocenters. The van der Waals surface area contributed by atoms with Crippen LogP contribution < -0.4 is 0 Å². The van der Waals surface area contributed by atoms with Crippen molar-refractivity contribution >= 4 is 0 Å². The van der Waals surface area contributed by atoms with Gasteiger partial charge in [0.2, 0.25) is 0 Å². The smallest absolute Gasteiger partial charge is 0.132 e. The summed E-state index contributed by atoms with van der Waals surface area (Å²) in [7, 11) is 0. The molecule has 0 N–H and O–H groups in total. The van der Waals surface area contributed by atoms with E-state index in [0.717, 1.165) is 30.6 Å². The van der Waals surface area contributed by atoms with Crippen molar-refractivity contribution in [2.75, 3.05) is 0 Å². The molecule has 3 aromatic rings. The number of aromatic nitrogens is 4. The molecule has 1 aromatic carbocycles. The molecule has 138 valence electrons. The summed E-state index contributed by atoms with van der Waals surface area (Å²) in [5.74, 6) is 0.168. The van der Waals surface area contributed by atoms with Gasteiger partial charge in [-0.3, -0.25) is 4.68 Å². The first-order chi connectivity index (χ1) is 12.9. The highest BCUT2D eigenvalue weighted by Gasteiger charge is 2.63. The Bertz CT molecular complexity index is 1040. The SMILES string of the molecule is Cc1cnn(C[C@]23CCC(c4cc(-c5ccccc5F)nnc42)C3(C)C)c1. The van der Waals surface area contributed by atoms with Gasteiger partial charge in [0.25, 0.3) is 0 Å². The quantitative estimate of drug-likeness (QED) is 0.681. The molecule has 2 bridgehead atoms. The van der Waals surface area contributed by atoms with E-state index in [-0.39, 0.29) is 16.6 Å². The van der Waals surface area contributed by atoms with E-state index >= 15 is 0 Å². The van der Waals surface area contributed by atoms with Crippen molar-refractivity contribution in [1.29, 1.82) is 0 Å². The zero-order valence-electron chi connectivity index (χ0n) is 15.9. The van der Waals surface area contributed by atoms with Crippen LogP contribution in [0.25, 0.3) is 11.3 Å². The van der Waals surface area contributed by atoms with Gasteiger partial charge in [0.05, 0.1) is 24.1 Å². The number of fused-ring (bicyclic) bond motifs is 5. The standard InChI is InChI=1S/C22H23FN4/c1-14-11-24-27(12-14)13-22-9-8-17(21(22,2)3)16-10-19(25-26-20(16)22)15-6-4-5-7-18(15)23/h4-7,10-12,17H,8-9,13H2,1-3H3/t17?,22-/m1/s1. The highest BCUT2D eigenvalue weighted by molar-refractivity contribution is 5.62. The molecule has 2 aliphatic carbocycles. The second-order valence-corrected chi connectivity index (χ2v) is 8.62. The van der Waals surface area contributed by atoms with E-state index in [1.165, 1.54) is 11.6 Å². The van der Waals surface area contributed by atoms with Crippen LogP contribution in [0.1, 0.15) is 49.4 Å². The van der Waals surface area contributed by atoms with Crippen LogP contribution in [0.2, 0.25) is 0 Å². The fourth-order valence-corrected chi connectivity index (χ4v) is 5.41. The lowest BCUT2D eigenvalue weighted by Gasteiger charge is -2.37. The van der Waals surface area contributed by atoms with Gasteiger partial charge in [0.15, 0.2) is 0 Å². The lowest BCUT2D eigenvalue weighted by atomic mass is 9.68. The summed E-state index contributed by atoms with van der Waals surface area (Å²) in [6, 6.07) is 8.85. The van der Waals surface area contributed by atoms with Crippen LogP contribution in [0.3, 0.4) is 0 Å². The van der Waals surface area contributed by atoms with E-state index in [0.29, 0.717) is 17.2 Å². The summed E-state index contributed by atoms with van der Waals surface area (Å²) < 4.78 is 16.3.